The number of nitrogens with one attached hydrogen (secondary N) is 1. The Kier molecular flexibility index (Phi) is 4.81. The Morgan fingerprint density at radius 1 is 1.55 bits per heavy atom. The molecule has 4 heteroatoms. The Bertz CT molecular complexity index is 184. The molecule has 0 fully saturated rings. The maximum Gasteiger partial charge on any atom is 0.231 e. The van der Waals surface area contributed by atoms with Gasteiger partial charge in [-0.05, 0) is 0 Å². The SMILES string of the molecule is C=C(NC=NC)C(=NC)OC. The highest BCUT2D eigenvalue weighted by atomic mass is 16.5. The highest BCUT2D eigenvalue weighted by molar-refractivity contribution is 5.94. The first-order chi connectivity index (χ1) is 5.26. The van der Waals surface area contributed by atoms with Crippen LogP contribution in [0.25, 0.3) is 0 Å². The van der Waals surface area contributed by atoms with Crippen molar-refractivity contribution < 1.29 is 4.74 Å². The van der Waals surface area contributed by atoms with E-state index in [2.05, 4.69) is 21.9 Å². The lowest BCUT2D eigenvalue weighted by molar-refractivity contribution is 0.401. The maximum absolute atomic E-state index is 4.88. The first-order valence-corrected chi connectivity index (χ1v) is 3.13. The molecule has 0 atom stereocenters. The molecule has 0 rings (SSSR count). The van der Waals surface area contributed by atoms with Crippen LogP contribution in [0.4, 0.5) is 0 Å². The Labute approximate surface area is 66.7 Å². The van der Waals surface area contributed by atoms with Gasteiger partial charge in [0.15, 0.2) is 0 Å². The summed E-state index contributed by atoms with van der Waals surface area (Å²) in [7, 11) is 4.84. The molecule has 0 saturated heterocycles. The number of ether oxygens (including phenoxy) is 1. The van der Waals surface area contributed by atoms with Gasteiger partial charge in [-0.25, -0.2) is 0 Å². The van der Waals surface area contributed by atoms with Crippen molar-refractivity contribution in [1.29, 1.82) is 0 Å². The molecule has 0 aromatic rings. The first kappa shape index (κ1) is 9.68. The zero-order chi connectivity index (χ0) is 8.69. The van der Waals surface area contributed by atoms with E-state index in [1.165, 1.54) is 13.4 Å². The molecule has 62 valence electrons. The Morgan fingerprint density at radius 3 is 2.55 bits per heavy atom. The summed E-state index contributed by atoms with van der Waals surface area (Å²) in [6.07, 6.45) is 1.52. The third-order valence-corrected chi connectivity index (χ3v) is 1.02. The minimum atomic E-state index is 0.477. The molecular formula is C7H13N3O. The van der Waals surface area contributed by atoms with Crippen LogP contribution in [0.5, 0.6) is 0 Å². The van der Waals surface area contributed by atoms with Crippen LogP contribution in [0.1, 0.15) is 0 Å². The van der Waals surface area contributed by atoms with Gasteiger partial charge in [0.2, 0.25) is 5.90 Å². The molecule has 0 bridgehead atoms. The van der Waals surface area contributed by atoms with Gasteiger partial charge in [0.1, 0.15) is 0 Å². The summed E-state index contributed by atoms with van der Waals surface area (Å²) in [6.45, 7) is 3.68. The topological polar surface area (TPSA) is 46.0 Å². The van der Waals surface area contributed by atoms with E-state index >= 15 is 0 Å². The van der Waals surface area contributed by atoms with Gasteiger partial charge in [0.05, 0.1) is 19.1 Å². The fraction of sp³-hybridized carbons (Fsp3) is 0.429. The van der Waals surface area contributed by atoms with Gasteiger partial charge >= 0.3 is 0 Å². The van der Waals surface area contributed by atoms with Crippen LogP contribution in [0, 0.1) is 0 Å². The Morgan fingerprint density at radius 2 is 2.18 bits per heavy atom. The monoisotopic (exact) mass is 155 g/mol. The summed E-state index contributed by atoms with van der Waals surface area (Å²) in [5, 5.41) is 2.79. The predicted octanol–water partition coefficient (Wildman–Crippen LogP) is 0.422. The Hall–Kier alpha value is -1.32. The average Bonchev–Trinajstić information content (AvgIpc) is 2.03. The number of hydrogen-bond donors (Lipinski definition) is 1. The number of nitrogens with zero attached hydrogens (tertiary/aromatic N) is 2. The summed E-state index contributed by atoms with van der Waals surface area (Å²) in [5.74, 6) is 0.477. The van der Waals surface area contributed by atoms with Crippen molar-refractivity contribution in [3.05, 3.63) is 12.3 Å². The zero-order valence-electron chi connectivity index (χ0n) is 7.09. The van der Waals surface area contributed by atoms with Crippen LogP contribution in [0.15, 0.2) is 22.3 Å². The largest absolute Gasteiger partial charge is 0.480 e. The third-order valence-electron chi connectivity index (χ3n) is 1.02. The van der Waals surface area contributed by atoms with E-state index in [4.69, 9.17) is 4.74 Å². The quantitative estimate of drug-likeness (QED) is 0.474. The standard InChI is InChI=1S/C7H13N3O/c1-6(10-5-8-2)7(9-3)11-4/h5H,1H2,2-4H3,(H,8,10). The van der Waals surface area contributed by atoms with Gasteiger partial charge < -0.3 is 10.1 Å². The van der Waals surface area contributed by atoms with Crippen molar-refractivity contribution in [1.82, 2.24) is 5.32 Å². The van der Waals surface area contributed by atoms with E-state index in [9.17, 15) is 0 Å². The first-order valence-electron chi connectivity index (χ1n) is 3.13. The van der Waals surface area contributed by atoms with Crippen LogP contribution in [-0.2, 0) is 4.74 Å². The molecule has 0 amide bonds. The van der Waals surface area contributed by atoms with E-state index in [-0.39, 0.29) is 0 Å². The molecule has 0 unspecified atom stereocenters. The van der Waals surface area contributed by atoms with Gasteiger partial charge in [-0.3, -0.25) is 9.98 Å². The van der Waals surface area contributed by atoms with Crippen molar-refractivity contribution in [3.8, 4) is 0 Å². The summed E-state index contributed by atoms with van der Waals surface area (Å²) < 4.78 is 4.88. The highest BCUT2D eigenvalue weighted by Crippen LogP contribution is 1.88. The molecule has 0 spiro atoms. The van der Waals surface area contributed by atoms with Gasteiger partial charge in [-0.1, -0.05) is 6.58 Å². The summed E-state index contributed by atoms with van der Waals surface area (Å²) in [4.78, 5) is 7.55. The fourth-order valence-corrected chi connectivity index (χ4v) is 0.554. The van der Waals surface area contributed by atoms with Crippen LogP contribution in [-0.4, -0.2) is 33.4 Å². The molecule has 0 aromatic carbocycles. The van der Waals surface area contributed by atoms with Crippen molar-refractivity contribution in [2.24, 2.45) is 9.98 Å². The molecule has 0 heterocycles. The molecule has 11 heavy (non-hydrogen) atoms. The minimum absolute atomic E-state index is 0.477. The van der Waals surface area contributed by atoms with Crippen molar-refractivity contribution in [2.45, 2.75) is 0 Å². The van der Waals surface area contributed by atoms with E-state index in [1.807, 2.05) is 0 Å². The molecule has 1 N–H and O–H groups in total. The smallest absolute Gasteiger partial charge is 0.231 e. The number of methoxy groups -OCH3 is 1. The zero-order valence-corrected chi connectivity index (χ0v) is 7.09. The average molecular weight is 155 g/mol. The lowest BCUT2D eigenvalue weighted by atomic mass is 10.5. The van der Waals surface area contributed by atoms with E-state index in [0.717, 1.165) is 0 Å². The molecule has 0 saturated carbocycles. The normalized spacial score (nSPS) is 11.7. The fourth-order valence-electron chi connectivity index (χ4n) is 0.554. The van der Waals surface area contributed by atoms with Crippen molar-refractivity contribution >= 4 is 12.2 Å². The molecule has 0 radical (unpaired) electrons. The van der Waals surface area contributed by atoms with Crippen LogP contribution in [0.3, 0.4) is 0 Å². The summed E-state index contributed by atoms with van der Waals surface area (Å²) in [5.41, 5.74) is 0.598. The molecule has 0 aliphatic heterocycles. The number of aliphatic imine (C=N–C) groups is 2. The van der Waals surface area contributed by atoms with Crippen molar-refractivity contribution in [2.75, 3.05) is 21.2 Å². The Balaban J connectivity index is 4.01. The van der Waals surface area contributed by atoms with E-state index < -0.39 is 0 Å². The molecule has 0 aromatic heterocycles. The number of hydrogen-bond acceptors (Lipinski definition) is 3. The van der Waals surface area contributed by atoms with Gasteiger partial charge in [-0.15, -0.1) is 0 Å². The van der Waals surface area contributed by atoms with Gasteiger partial charge in [0, 0.05) is 14.1 Å². The second-order valence-corrected chi connectivity index (χ2v) is 1.74. The van der Waals surface area contributed by atoms with E-state index in [0.29, 0.717) is 11.6 Å². The third kappa shape index (κ3) is 3.40. The molecule has 4 nitrogen and oxygen atoms in total. The van der Waals surface area contributed by atoms with E-state index in [1.54, 1.807) is 14.1 Å². The summed E-state index contributed by atoms with van der Waals surface area (Å²) in [6, 6.07) is 0. The molecule has 0 aliphatic carbocycles. The van der Waals surface area contributed by atoms with Crippen LogP contribution < -0.4 is 5.32 Å². The second kappa shape index (κ2) is 5.46. The predicted molar refractivity (Wildman–Crippen MR) is 47.1 cm³/mol. The van der Waals surface area contributed by atoms with Crippen molar-refractivity contribution in [3.63, 3.8) is 0 Å². The lowest BCUT2D eigenvalue weighted by Crippen LogP contribution is -2.19. The highest BCUT2D eigenvalue weighted by Gasteiger charge is 1.99. The van der Waals surface area contributed by atoms with Gasteiger partial charge in [-0.2, -0.15) is 0 Å². The second-order valence-electron chi connectivity index (χ2n) is 1.74. The van der Waals surface area contributed by atoms with Crippen LogP contribution >= 0.6 is 0 Å². The minimum Gasteiger partial charge on any atom is -0.480 e. The molecular weight excluding hydrogens is 142 g/mol. The van der Waals surface area contributed by atoms with Crippen LogP contribution in [0.2, 0.25) is 0 Å². The summed E-state index contributed by atoms with van der Waals surface area (Å²) >= 11 is 0. The van der Waals surface area contributed by atoms with Gasteiger partial charge in [0.25, 0.3) is 0 Å². The molecule has 0 aliphatic rings. The lowest BCUT2D eigenvalue weighted by Gasteiger charge is -2.05. The maximum atomic E-state index is 4.88. The number of rotatable bonds is 3.